The van der Waals surface area contributed by atoms with E-state index in [-0.39, 0.29) is 24.5 Å². The zero-order valence-corrected chi connectivity index (χ0v) is 17.3. The van der Waals surface area contributed by atoms with Gasteiger partial charge in [-0.3, -0.25) is 10.1 Å². The van der Waals surface area contributed by atoms with Crippen LogP contribution in [0.4, 0.5) is 5.69 Å². The highest BCUT2D eigenvalue weighted by Crippen LogP contribution is 2.32. The number of non-ortho nitro benzene ring substituents is 1. The smallest absolute Gasteiger partial charge is 0.342 e. The third-order valence-corrected chi connectivity index (χ3v) is 5.06. The average molecular weight is 428 g/mol. The number of methoxy groups -OCH3 is 1. The molecule has 0 spiro atoms. The van der Waals surface area contributed by atoms with Gasteiger partial charge in [-0.05, 0) is 24.6 Å². The molecule has 0 bridgehead atoms. The van der Waals surface area contributed by atoms with Crippen molar-refractivity contribution in [1.29, 1.82) is 0 Å². The van der Waals surface area contributed by atoms with E-state index in [0.29, 0.717) is 23.6 Å². The van der Waals surface area contributed by atoms with Gasteiger partial charge in [0.25, 0.3) is 5.69 Å². The van der Waals surface area contributed by atoms with Crippen LogP contribution in [-0.4, -0.2) is 29.6 Å². The second-order valence-corrected chi connectivity index (χ2v) is 7.12. The molecule has 0 aliphatic carbocycles. The zero-order valence-electron chi connectivity index (χ0n) is 16.5. The van der Waals surface area contributed by atoms with Crippen LogP contribution < -0.4 is 9.47 Å². The standard InChI is InChI=1S/C21H20N2O6S/c1-3-28-21(24)17-5-4-6-18(27-2)20(17)29-12-15-13-30-19(22-15)11-14-7-9-16(10-8-14)23(25)26/h4-10,13H,3,11-12H2,1-2H3. The van der Waals surface area contributed by atoms with Crippen LogP contribution in [0, 0.1) is 10.1 Å². The zero-order chi connectivity index (χ0) is 21.5. The fourth-order valence-electron chi connectivity index (χ4n) is 2.75. The Bertz CT molecular complexity index is 1030. The maximum absolute atomic E-state index is 12.2. The summed E-state index contributed by atoms with van der Waals surface area (Å²) in [5.74, 6) is 0.258. The van der Waals surface area contributed by atoms with Crippen molar-refractivity contribution in [2.75, 3.05) is 13.7 Å². The quantitative estimate of drug-likeness (QED) is 0.283. The summed E-state index contributed by atoms with van der Waals surface area (Å²) in [6.45, 7) is 2.15. The van der Waals surface area contributed by atoms with Crippen molar-refractivity contribution in [2.45, 2.75) is 20.0 Å². The van der Waals surface area contributed by atoms with Gasteiger partial charge in [-0.15, -0.1) is 11.3 Å². The van der Waals surface area contributed by atoms with E-state index in [0.717, 1.165) is 10.6 Å². The number of ether oxygens (including phenoxy) is 3. The van der Waals surface area contributed by atoms with Crippen LogP contribution in [0.15, 0.2) is 47.8 Å². The number of carbonyl (C=O) groups excluding carboxylic acids is 1. The average Bonchev–Trinajstić information content (AvgIpc) is 3.19. The Balaban J connectivity index is 1.69. The number of aromatic nitrogens is 1. The number of esters is 1. The summed E-state index contributed by atoms with van der Waals surface area (Å²) in [6.07, 6.45) is 0.561. The van der Waals surface area contributed by atoms with Crippen LogP contribution in [0.5, 0.6) is 11.5 Å². The third-order valence-electron chi connectivity index (χ3n) is 4.16. The number of rotatable bonds is 9. The summed E-state index contributed by atoms with van der Waals surface area (Å²) in [7, 11) is 1.50. The molecule has 0 saturated carbocycles. The number of para-hydroxylation sites is 1. The molecule has 1 heterocycles. The molecule has 156 valence electrons. The van der Waals surface area contributed by atoms with Crippen molar-refractivity contribution in [1.82, 2.24) is 4.98 Å². The molecule has 30 heavy (non-hydrogen) atoms. The molecular formula is C21H20N2O6S. The fraction of sp³-hybridized carbons (Fsp3) is 0.238. The highest BCUT2D eigenvalue weighted by Gasteiger charge is 2.18. The minimum absolute atomic E-state index is 0.0567. The Morgan fingerprint density at radius 3 is 2.63 bits per heavy atom. The van der Waals surface area contributed by atoms with Crippen LogP contribution in [-0.2, 0) is 17.8 Å². The molecule has 3 rings (SSSR count). The first-order chi connectivity index (χ1) is 14.5. The van der Waals surface area contributed by atoms with Gasteiger partial charge in [-0.2, -0.15) is 0 Å². The van der Waals surface area contributed by atoms with Crippen LogP contribution >= 0.6 is 11.3 Å². The first-order valence-electron chi connectivity index (χ1n) is 9.15. The first-order valence-corrected chi connectivity index (χ1v) is 10.0. The SMILES string of the molecule is CCOC(=O)c1cccc(OC)c1OCc1csc(Cc2ccc([N+](=O)[O-])cc2)n1. The molecule has 0 aliphatic heterocycles. The summed E-state index contributed by atoms with van der Waals surface area (Å²) >= 11 is 1.47. The van der Waals surface area contributed by atoms with Crippen molar-refractivity contribution >= 4 is 23.0 Å². The predicted octanol–water partition coefficient (Wildman–Crippen LogP) is 4.41. The van der Waals surface area contributed by atoms with Gasteiger partial charge in [0.1, 0.15) is 12.2 Å². The number of nitro benzene ring substituents is 1. The lowest BCUT2D eigenvalue weighted by molar-refractivity contribution is -0.384. The number of thiazole rings is 1. The van der Waals surface area contributed by atoms with E-state index in [2.05, 4.69) is 4.98 Å². The summed E-state index contributed by atoms with van der Waals surface area (Å²) in [6, 6.07) is 11.4. The molecule has 0 fully saturated rings. The number of hydrogen-bond donors (Lipinski definition) is 0. The van der Waals surface area contributed by atoms with E-state index in [1.165, 1.54) is 30.6 Å². The van der Waals surface area contributed by atoms with Gasteiger partial charge >= 0.3 is 5.97 Å². The minimum atomic E-state index is -0.483. The van der Waals surface area contributed by atoms with Crippen molar-refractivity contribution in [3.63, 3.8) is 0 Å². The summed E-state index contributed by atoms with van der Waals surface area (Å²) < 4.78 is 16.3. The third kappa shape index (κ3) is 5.12. The summed E-state index contributed by atoms with van der Waals surface area (Å²) in [4.78, 5) is 27.1. The number of nitro groups is 1. The van der Waals surface area contributed by atoms with Crippen molar-refractivity contribution < 1.29 is 23.9 Å². The van der Waals surface area contributed by atoms with Gasteiger partial charge in [0.05, 0.1) is 29.3 Å². The van der Waals surface area contributed by atoms with Gasteiger partial charge in [0.2, 0.25) is 0 Å². The van der Waals surface area contributed by atoms with E-state index >= 15 is 0 Å². The molecule has 0 N–H and O–H groups in total. The highest BCUT2D eigenvalue weighted by atomic mass is 32.1. The van der Waals surface area contributed by atoms with E-state index in [1.807, 2.05) is 5.38 Å². The summed E-state index contributed by atoms with van der Waals surface area (Å²) in [5.41, 5.74) is 1.98. The fourth-order valence-corrected chi connectivity index (χ4v) is 3.56. The maximum Gasteiger partial charge on any atom is 0.342 e. The number of nitrogens with zero attached hydrogens (tertiary/aromatic N) is 2. The van der Waals surface area contributed by atoms with Crippen molar-refractivity contribution in [3.05, 3.63) is 79.8 Å². The first kappa shape index (κ1) is 21.3. The minimum Gasteiger partial charge on any atom is -0.493 e. The van der Waals surface area contributed by atoms with E-state index in [4.69, 9.17) is 14.2 Å². The van der Waals surface area contributed by atoms with Crippen LogP contribution in [0.3, 0.4) is 0 Å². The summed E-state index contributed by atoms with van der Waals surface area (Å²) in [5, 5.41) is 13.5. The Labute approximate surface area is 177 Å². The number of hydrogen-bond acceptors (Lipinski definition) is 8. The second kappa shape index (κ2) is 9.84. The molecule has 9 heteroatoms. The van der Waals surface area contributed by atoms with E-state index in [1.54, 1.807) is 37.3 Å². The topological polar surface area (TPSA) is 101 Å². The van der Waals surface area contributed by atoms with Gasteiger partial charge < -0.3 is 14.2 Å². The molecule has 0 unspecified atom stereocenters. The van der Waals surface area contributed by atoms with Gasteiger partial charge in [0, 0.05) is 23.9 Å². The lowest BCUT2D eigenvalue weighted by Gasteiger charge is -2.13. The van der Waals surface area contributed by atoms with Crippen molar-refractivity contribution in [2.24, 2.45) is 0 Å². The van der Waals surface area contributed by atoms with Gasteiger partial charge in [-0.1, -0.05) is 18.2 Å². The van der Waals surface area contributed by atoms with Crippen LogP contribution in [0.1, 0.15) is 33.5 Å². The Morgan fingerprint density at radius 2 is 1.97 bits per heavy atom. The maximum atomic E-state index is 12.2. The molecule has 0 saturated heterocycles. The number of benzene rings is 2. The van der Waals surface area contributed by atoms with E-state index in [9.17, 15) is 14.9 Å². The lowest BCUT2D eigenvalue weighted by atomic mass is 10.1. The Kier molecular flexibility index (Phi) is 6.97. The predicted molar refractivity (Wildman–Crippen MR) is 111 cm³/mol. The van der Waals surface area contributed by atoms with Gasteiger partial charge in [0.15, 0.2) is 11.5 Å². The molecule has 8 nitrogen and oxygen atoms in total. The molecule has 3 aromatic rings. The largest absolute Gasteiger partial charge is 0.493 e. The molecule has 0 atom stereocenters. The Morgan fingerprint density at radius 1 is 1.20 bits per heavy atom. The van der Waals surface area contributed by atoms with Crippen LogP contribution in [0.2, 0.25) is 0 Å². The molecule has 0 aliphatic rings. The molecule has 0 amide bonds. The monoisotopic (exact) mass is 428 g/mol. The van der Waals surface area contributed by atoms with Crippen LogP contribution in [0.25, 0.3) is 0 Å². The molecular weight excluding hydrogens is 408 g/mol. The lowest BCUT2D eigenvalue weighted by Crippen LogP contribution is -2.09. The normalized spacial score (nSPS) is 10.5. The van der Waals surface area contributed by atoms with E-state index < -0.39 is 10.9 Å². The molecule has 2 aromatic carbocycles. The Hall–Kier alpha value is -3.46. The van der Waals surface area contributed by atoms with Crippen molar-refractivity contribution in [3.8, 4) is 11.5 Å². The highest BCUT2D eigenvalue weighted by molar-refractivity contribution is 7.09. The number of carbonyl (C=O) groups is 1. The molecule has 1 aromatic heterocycles. The molecule has 0 radical (unpaired) electrons. The van der Waals surface area contributed by atoms with Gasteiger partial charge in [-0.25, -0.2) is 9.78 Å². The second-order valence-electron chi connectivity index (χ2n) is 6.18.